The van der Waals surface area contributed by atoms with Gasteiger partial charge in [0.1, 0.15) is 29.0 Å². The maximum atomic E-state index is 14.2. The number of benzene rings is 3. The van der Waals surface area contributed by atoms with Crippen LogP contribution in [-0.2, 0) is 30.5 Å². The third-order valence-electron chi connectivity index (χ3n) is 9.21. The van der Waals surface area contributed by atoms with Crippen LogP contribution in [0.3, 0.4) is 0 Å². The van der Waals surface area contributed by atoms with Gasteiger partial charge in [-0.25, -0.2) is 14.2 Å². The standard InChI is InChI=1S/C42H49FN6O7/c1-41(2,3)56-40(54)47-42(4,5)39(53)45-33(26-55-25-28-12-8-6-9-13-28)37(51)46-34-24-49(27-44-34)35(29-14-10-7-11-15-29)38(52)48-22-20-31(21-23-48)36(50)30-16-18-32(43)19-17-30/h6-19,24,27,31,33,35H,20-23,25-26H2,1-5H3,(H,45,53)(H,46,51)(H,47,54). The molecule has 13 nitrogen and oxygen atoms in total. The number of likely N-dealkylation sites (tertiary alicyclic amines) is 1. The Balaban J connectivity index is 1.29. The minimum Gasteiger partial charge on any atom is -0.444 e. The lowest BCUT2D eigenvalue weighted by atomic mass is 9.88. The number of rotatable bonds is 14. The highest BCUT2D eigenvalue weighted by atomic mass is 19.1. The summed E-state index contributed by atoms with van der Waals surface area (Å²) in [6, 6.07) is 21.9. The lowest BCUT2D eigenvalue weighted by Crippen LogP contribution is -2.59. The largest absolute Gasteiger partial charge is 0.444 e. The van der Waals surface area contributed by atoms with E-state index in [0.717, 1.165) is 5.56 Å². The molecule has 0 radical (unpaired) electrons. The van der Waals surface area contributed by atoms with Gasteiger partial charge >= 0.3 is 6.09 Å². The molecule has 1 aliphatic rings. The van der Waals surface area contributed by atoms with Crippen molar-refractivity contribution in [3.05, 3.63) is 120 Å². The van der Waals surface area contributed by atoms with Crippen LogP contribution < -0.4 is 16.0 Å². The lowest BCUT2D eigenvalue weighted by molar-refractivity contribution is -0.134. The average molecular weight is 769 g/mol. The second kappa shape index (κ2) is 18.2. The number of nitrogens with one attached hydrogen (secondary N) is 3. The van der Waals surface area contributed by atoms with E-state index in [1.54, 1.807) is 30.2 Å². The lowest BCUT2D eigenvalue weighted by Gasteiger charge is -2.34. The highest BCUT2D eigenvalue weighted by molar-refractivity contribution is 5.99. The van der Waals surface area contributed by atoms with Gasteiger partial charge in [0, 0.05) is 30.8 Å². The molecule has 1 aromatic heterocycles. The third-order valence-corrected chi connectivity index (χ3v) is 9.21. The number of halogens is 1. The van der Waals surface area contributed by atoms with Crippen molar-refractivity contribution in [1.82, 2.24) is 25.1 Å². The maximum Gasteiger partial charge on any atom is 0.408 e. The Morgan fingerprint density at radius 3 is 2.12 bits per heavy atom. The number of carbonyl (C=O) groups is 5. The fraction of sp³-hybridized carbons (Fsp3) is 0.381. The molecule has 3 N–H and O–H groups in total. The first-order valence-corrected chi connectivity index (χ1v) is 18.5. The molecule has 0 saturated carbocycles. The van der Waals surface area contributed by atoms with Gasteiger partial charge in [-0.1, -0.05) is 60.7 Å². The van der Waals surface area contributed by atoms with Gasteiger partial charge in [0.25, 0.3) is 5.91 Å². The van der Waals surface area contributed by atoms with Crippen LogP contribution in [0.15, 0.2) is 97.5 Å². The Bertz CT molecular complexity index is 1970. The van der Waals surface area contributed by atoms with Gasteiger partial charge in [0.2, 0.25) is 11.8 Å². The van der Waals surface area contributed by atoms with Crippen LogP contribution in [0.2, 0.25) is 0 Å². The van der Waals surface area contributed by atoms with Crippen LogP contribution in [0.25, 0.3) is 0 Å². The number of hydrogen-bond donors (Lipinski definition) is 3. The van der Waals surface area contributed by atoms with Crippen LogP contribution in [0.1, 0.15) is 75.0 Å². The summed E-state index contributed by atoms with van der Waals surface area (Å²) >= 11 is 0. The number of anilines is 1. The number of hydrogen-bond acceptors (Lipinski definition) is 8. The SMILES string of the molecule is CC(C)(C)OC(=O)NC(C)(C)C(=O)NC(COCc1ccccc1)C(=O)Nc1cn(C(C(=O)N2CCC(C(=O)c3ccc(F)cc3)CC2)c2ccccc2)cn1. The van der Waals surface area contributed by atoms with Crippen molar-refractivity contribution in [3.8, 4) is 0 Å². The molecule has 1 saturated heterocycles. The molecule has 4 amide bonds. The van der Waals surface area contributed by atoms with Crippen molar-refractivity contribution in [2.45, 2.75) is 77.3 Å². The molecule has 56 heavy (non-hydrogen) atoms. The van der Waals surface area contributed by atoms with Gasteiger partial charge in [0.15, 0.2) is 11.6 Å². The molecule has 0 bridgehead atoms. The number of ketones is 1. The van der Waals surface area contributed by atoms with Crippen molar-refractivity contribution < 1.29 is 37.8 Å². The van der Waals surface area contributed by atoms with Gasteiger partial charge in [-0.2, -0.15) is 0 Å². The van der Waals surface area contributed by atoms with Crippen molar-refractivity contribution >= 4 is 35.4 Å². The van der Waals surface area contributed by atoms with Gasteiger partial charge in [-0.15, -0.1) is 0 Å². The number of Topliss-reactive ketones (excluding diaryl/α,β-unsaturated/α-hetero) is 1. The van der Waals surface area contributed by atoms with Crippen molar-refractivity contribution in [2.75, 3.05) is 25.0 Å². The topological polar surface area (TPSA) is 161 Å². The highest BCUT2D eigenvalue weighted by Crippen LogP contribution is 2.28. The number of amides is 4. The van der Waals surface area contributed by atoms with E-state index in [0.29, 0.717) is 37.1 Å². The number of aromatic nitrogens is 2. The van der Waals surface area contributed by atoms with E-state index in [4.69, 9.17) is 9.47 Å². The molecular weight excluding hydrogens is 719 g/mol. The molecular formula is C42H49FN6O7. The number of piperidine rings is 1. The minimum atomic E-state index is -1.46. The molecule has 2 atom stereocenters. The van der Waals surface area contributed by atoms with Gasteiger partial charge in [-0.3, -0.25) is 19.2 Å². The van der Waals surface area contributed by atoms with Crippen molar-refractivity contribution in [2.24, 2.45) is 5.92 Å². The zero-order chi connectivity index (χ0) is 40.5. The Kier molecular flexibility index (Phi) is 13.4. The molecule has 1 fully saturated rings. The summed E-state index contributed by atoms with van der Waals surface area (Å²) in [5, 5.41) is 7.98. The molecule has 3 aromatic carbocycles. The first kappa shape index (κ1) is 41.3. The molecule has 0 aliphatic carbocycles. The van der Waals surface area contributed by atoms with Crippen LogP contribution in [0.5, 0.6) is 0 Å². The van der Waals surface area contributed by atoms with E-state index in [9.17, 15) is 28.4 Å². The summed E-state index contributed by atoms with van der Waals surface area (Å²) in [6.07, 6.45) is 3.10. The van der Waals surface area contributed by atoms with Crippen molar-refractivity contribution in [1.29, 1.82) is 0 Å². The Hall–Kier alpha value is -5.89. The number of imidazole rings is 1. The van der Waals surface area contributed by atoms with Crippen LogP contribution in [0, 0.1) is 11.7 Å². The number of alkyl carbamates (subject to hydrolysis) is 1. The van der Waals surface area contributed by atoms with Gasteiger partial charge in [-0.05, 0) is 82.9 Å². The molecule has 0 spiro atoms. The fourth-order valence-corrected chi connectivity index (χ4v) is 6.22. The summed E-state index contributed by atoms with van der Waals surface area (Å²) in [5.74, 6) is -2.16. The molecule has 2 unspecified atom stereocenters. The van der Waals surface area contributed by atoms with E-state index in [2.05, 4.69) is 20.9 Å². The first-order valence-electron chi connectivity index (χ1n) is 18.5. The Morgan fingerprint density at radius 1 is 0.875 bits per heavy atom. The zero-order valence-corrected chi connectivity index (χ0v) is 32.3. The smallest absolute Gasteiger partial charge is 0.408 e. The van der Waals surface area contributed by atoms with E-state index < -0.39 is 46.9 Å². The summed E-state index contributed by atoms with van der Waals surface area (Å²) in [5.41, 5.74) is -0.257. The number of carbonyl (C=O) groups excluding carboxylic acids is 5. The number of nitrogens with zero attached hydrogens (tertiary/aromatic N) is 3. The second-order valence-electron chi connectivity index (χ2n) is 15.3. The summed E-state index contributed by atoms with van der Waals surface area (Å²) in [4.78, 5) is 73.1. The van der Waals surface area contributed by atoms with Crippen LogP contribution in [-0.4, -0.2) is 80.9 Å². The normalized spacial score (nSPS) is 14.6. The minimum absolute atomic E-state index is 0.0745. The van der Waals surface area contributed by atoms with Crippen LogP contribution >= 0.6 is 0 Å². The second-order valence-corrected chi connectivity index (χ2v) is 15.3. The molecule has 5 rings (SSSR count). The van der Waals surface area contributed by atoms with E-state index >= 15 is 0 Å². The zero-order valence-electron chi connectivity index (χ0n) is 32.3. The molecule has 1 aliphatic heterocycles. The van der Waals surface area contributed by atoms with E-state index in [-0.39, 0.29) is 36.6 Å². The van der Waals surface area contributed by atoms with E-state index in [1.807, 2.05) is 60.7 Å². The van der Waals surface area contributed by atoms with Gasteiger partial charge in [0.05, 0.1) is 19.5 Å². The Morgan fingerprint density at radius 2 is 1.50 bits per heavy atom. The quantitative estimate of drug-likeness (QED) is 0.138. The summed E-state index contributed by atoms with van der Waals surface area (Å²) in [7, 11) is 0. The fourth-order valence-electron chi connectivity index (χ4n) is 6.22. The monoisotopic (exact) mass is 768 g/mol. The average Bonchev–Trinajstić information content (AvgIpc) is 3.61. The Labute approximate surface area is 326 Å². The molecule has 14 heteroatoms. The van der Waals surface area contributed by atoms with Crippen molar-refractivity contribution in [3.63, 3.8) is 0 Å². The summed E-state index contributed by atoms with van der Waals surface area (Å²) < 4.78 is 26.2. The maximum absolute atomic E-state index is 14.2. The predicted molar refractivity (Wildman–Crippen MR) is 207 cm³/mol. The third kappa shape index (κ3) is 11.3. The first-order chi connectivity index (χ1) is 26.6. The number of ether oxygens (including phenoxy) is 2. The predicted octanol–water partition coefficient (Wildman–Crippen LogP) is 5.68. The van der Waals surface area contributed by atoms with E-state index in [1.165, 1.54) is 50.6 Å². The molecule has 2 heterocycles. The molecule has 296 valence electrons. The van der Waals surface area contributed by atoms with Gasteiger partial charge < -0.3 is 34.9 Å². The highest BCUT2D eigenvalue weighted by Gasteiger charge is 2.36. The molecule has 4 aromatic rings. The van der Waals surface area contributed by atoms with Crippen LogP contribution in [0.4, 0.5) is 15.0 Å². The summed E-state index contributed by atoms with van der Waals surface area (Å²) in [6.45, 7) is 8.74.